The summed E-state index contributed by atoms with van der Waals surface area (Å²) in [5.74, 6) is -0.271. The van der Waals surface area contributed by atoms with Crippen LogP contribution in [0.5, 0.6) is 0 Å². The molecule has 4 N–H and O–H groups in total. The fraction of sp³-hybridized carbons (Fsp3) is 0.500. The van der Waals surface area contributed by atoms with Crippen molar-refractivity contribution < 1.29 is 4.79 Å². The van der Waals surface area contributed by atoms with Crippen molar-refractivity contribution in [2.24, 2.45) is 0 Å². The largest absolute Gasteiger partial charge is 0.386 e. The smallest absolute Gasteiger partial charge is 0.257 e. The lowest BCUT2D eigenvalue weighted by molar-refractivity contribution is -0.116. The third-order valence-electron chi connectivity index (χ3n) is 3.36. The number of carbonyl (C=O) groups is 1. The molecule has 0 saturated heterocycles. The Morgan fingerprint density at radius 3 is 2.57 bits per heavy atom. The monoisotopic (exact) mass is 316 g/mol. The summed E-state index contributed by atoms with van der Waals surface area (Å²) in [6, 6.07) is 0. The molecule has 0 fully saturated rings. The Balaban J connectivity index is 2.90. The van der Waals surface area contributed by atoms with E-state index in [1.54, 1.807) is 12.3 Å². The van der Waals surface area contributed by atoms with Gasteiger partial charge in [0.25, 0.3) is 5.91 Å². The molecule has 0 aromatic heterocycles. The summed E-state index contributed by atoms with van der Waals surface area (Å²) < 4.78 is 0. The van der Waals surface area contributed by atoms with Gasteiger partial charge in [-0.3, -0.25) is 4.79 Å². The van der Waals surface area contributed by atoms with Gasteiger partial charge in [0.15, 0.2) is 0 Å². The molecule has 0 unspecified atom stereocenters. The van der Waals surface area contributed by atoms with Gasteiger partial charge in [0.2, 0.25) is 0 Å². The van der Waals surface area contributed by atoms with E-state index in [2.05, 4.69) is 17.6 Å². The molecule has 0 bridgehead atoms. The Morgan fingerprint density at radius 2 is 2.04 bits per heavy atom. The van der Waals surface area contributed by atoms with E-state index >= 15 is 0 Å². The van der Waals surface area contributed by atoms with Crippen LogP contribution in [0.3, 0.4) is 0 Å². The highest BCUT2D eigenvalue weighted by Gasteiger charge is 2.22. The van der Waals surface area contributed by atoms with Crippen LogP contribution in [0.15, 0.2) is 35.2 Å². The zero-order valence-electron chi connectivity index (χ0n) is 14.5. The topological polar surface area (TPSA) is 88.8 Å². The Hall–Kier alpha value is -2.17. The van der Waals surface area contributed by atoms with Crippen molar-refractivity contribution in [2.75, 3.05) is 0 Å². The summed E-state index contributed by atoms with van der Waals surface area (Å²) in [4.78, 5) is 12.2. The van der Waals surface area contributed by atoms with Crippen LogP contribution in [0.25, 0.3) is 0 Å². The van der Waals surface area contributed by atoms with Crippen molar-refractivity contribution in [3.05, 3.63) is 35.2 Å². The zero-order chi connectivity index (χ0) is 17.5. The van der Waals surface area contributed by atoms with Gasteiger partial charge < -0.3 is 21.5 Å². The number of unbranched alkanes of at least 4 members (excludes halogenated alkanes) is 3. The Bertz CT molecular complexity index is 562. The highest BCUT2D eigenvalue weighted by Crippen LogP contribution is 2.16. The van der Waals surface area contributed by atoms with Gasteiger partial charge in [-0.15, -0.1) is 0 Å². The number of nitrogens with one attached hydrogen (secondary N) is 4. The lowest BCUT2D eigenvalue weighted by Gasteiger charge is -2.22. The molecule has 1 amide bonds. The summed E-state index contributed by atoms with van der Waals surface area (Å²) in [6.07, 6.45) is 10.4. The molecule has 0 aromatic rings. The number of carbonyl (C=O) groups excluding carboxylic acids is 1. The number of hydrogen-bond donors (Lipinski definition) is 4. The van der Waals surface area contributed by atoms with Gasteiger partial charge >= 0.3 is 0 Å². The van der Waals surface area contributed by atoms with Crippen molar-refractivity contribution in [3.8, 4) is 0 Å². The SMILES string of the molecule is CCCCC/C=C1\C(=N)C=C(/C(C=N)=C/NC(C)(C)C)NC1=O. The molecule has 0 aliphatic carbocycles. The summed E-state index contributed by atoms with van der Waals surface area (Å²) >= 11 is 0. The Morgan fingerprint density at radius 1 is 1.35 bits per heavy atom. The van der Waals surface area contributed by atoms with Gasteiger partial charge in [0.05, 0.1) is 17.0 Å². The maximum Gasteiger partial charge on any atom is 0.257 e. The second-order valence-corrected chi connectivity index (χ2v) is 6.68. The van der Waals surface area contributed by atoms with Crippen molar-refractivity contribution in [1.29, 1.82) is 10.8 Å². The fourth-order valence-corrected chi connectivity index (χ4v) is 2.06. The second-order valence-electron chi connectivity index (χ2n) is 6.68. The number of allylic oxidation sites excluding steroid dienone is 3. The molecule has 5 heteroatoms. The van der Waals surface area contributed by atoms with Crippen LogP contribution in [0, 0.1) is 10.8 Å². The van der Waals surface area contributed by atoms with Gasteiger partial charge in [0, 0.05) is 23.5 Å². The average Bonchev–Trinajstić information content (AvgIpc) is 2.45. The average molecular weight is 316 g/mol. The molecule has 0 atom stereocenters. The minimum absolute atomic E-state index is 0.134. The molecule has 1 heterocycles. The molecule has 0 spiro atoms. The van der Waals surface area contributed by atoms with Crippen molar-refractivity contribution in [3.63, 3.8) is 0 Å². The minimum atomic E-state index is -0.271. The predicted octanol–water partition coefficient (Wildman–Crippen LogP) is 3.45. The lowest BCUT2D eigenvalue weighted by Crippen LogP contribution is -2.35. The van der Waals surface area contributed by atoms with Crippen LogP contribution >= 0.6 is 0 Å². The lowest BCUT2D eigenvalue weighted by atomic mass is 9.99. The molecular formula is C18H28N4O. The van der Waals surface area contributed by atoms with Gasteiger partial charge in [-0.25, -0.2) is 0 Å². The quantitative estimate of drug-likeness (QED) is 0.329. The first-order valence-corrected chi connectivity index (χ1v) is 8.09. The summed E-state index contributed by atoms with van der Waals surface area (Å²) in [6.45, 7) is 8.17. The van der Waals surface area contributed by atoms with E-state index in [0.29, 0.717) is 16.8 Å². The van der Waals surface area contributed by atoms with Crippen molar-refractivity contribution >= 4 is 17.8 Å². The molecule has 0 radical (unpaired) electrons. The first-order valence-electron chi connectivity index (χ1n) is 8.09. The van der Waals surface area contributed by atoms with Crippen LogP contribution in [-0.4, -0.2) is 23.4 Å². The van der Waals surface area contributed by atoms with E-state index in [9.17, 15) is 4.79 Å². The van der Waals surface area contributed by atoms with Crippen molar-refractivity contribution in [2.45, 2.75) is 58.9 Å². The third-order valence-corrected chi connectivity index (χ3v) is 3.36. The number of amides is 1. The molecule has 23 heavy (non-hydrogen) atoms. The highest BCUT2D eigenvalue weighted by atomic mass is 16.1. The second kappa shape index (κ2) is 8.46. The molecular weight excluding hydrogens is 288 g/mol. The van der Waals surface area contributed by atoms with Gasteiger partial charge in [-0.05, 0) is 39.7 Å². The normalized spacial score (nSPS) is 17.8. The highest BCUT2D eigenvalue weighted by molar-refractivity contribution is 6.27. The van der Waals surface area contributed by atoms with Gasteiger partial charge in [-0.2, -0.15) is 0 Å². The van der Waals surface area contributed by atoms with E-state index in [1.165, 1.54) is 6.21 Å². The maximum atomic E-state index is 12.2. The molecule has 1 aliphatic rings. The van der Waals surface area contributed by atoms with E-state index in [0.717, 1.165) is 25.7 Å². The molecule has 0 aromatic carbocycles. The fourth-order valence-electron chi connectivity index (χ4n) is 2.06. The zero-order valence-corrected chi connectivity index (χ0v) is 14.5. The van der Waals surface area contributed by atoms with E-state index < -0.39 is 0 Å². The standard InChI is InChI=1S/C18H28N4O/c1-5-6-7-8-9-14-15(20)10-16(22-17(14)23)13(11-19)12-21-18(2,3)4/h9-12,19-21H,5-8H2,1-4H3,(H,22,23)/b13-12+,14-9+,19-11?,20-15?. The van der Waals surface area contributed by atoms with E-state index in [1.807, 2.05) is 26.8 Å². The van der Waals surface area contributed by atoms with Gasteiger partial charge in [0.1, 0.15) is 0 Å². The molecule has 126 valence electrons. The van der Waals surface area contributed by atoms with Crippen LogP contribution in [0.4, 0.5) is 0 Å². The third kappa shape index (κ3) is 6.22. The summed E-state index contributed by atoms with van der Waals surface area (Å²) in [5, 5.41) is 21.6. The molecule has 1 aliphatic heterocycles. The van der Waals surface area contributed by atoms with Crippen LogP contribution in [0.1, 0.15) is 53.4 Å². The molecule has 5 nitrogen and oxygen atoms in total. The van der Waals surface area contributed by atoms with Crippen LogP contribution in [-0.2, 0) is 4.79 Å². The number of hydrogen-bond acceptors (Lipinski definition) is 4. The van der Waals surface area contributed by atoms with Crippen LogP contribution < -0.4 is 10.6 Å². The predicted molar refractivity (Wildman–Crippen MR) is 95.9 cm³/mol. The van der Waals surface area contributed by atoms with Crippen molar-refractivity contribution in [1.82, 2.24) is 10.6 Å². The van der Waals surface area contributed by atoms with E-state index in [4.69, 9.17) is 10.8 Å². The first kappa shape index (κ1) is 18.9. The van der Waals surface area contributed by atoms with Gasteiger partial charge in [-0.1, -0.05) is 25.8 Å². The molecule has 0 saturated carbocycles. The minimum Gasteiger partial charge on any atom is -0.386 e. The number of rotatable bonds is 7. The first-order chi connectivity index (χ1) is 10.8. The Kier molecular flexibility index (Phi) is 6.94. The Labute approximate surface area is 139 Å². The summed E-state index contributed by atoms with van der Waals surface area (Å²) in [5.41, 5.74) is 1.51. The van der Waals surface area contributed by atoms with Crippen LogP contribution in [0.2, 0.25) is 0 Å². The molecule has 1 rings (SSSR count). The summed E-state index contributed by atoms with van der Waals surface area (Å²) in [7, 11) is 0. The maximum absolute atomic E-state index is 12.2. The van der Waals surface area contributed by atoms with E-state index in [-0.39, 0.29) is 17.2 Å².